The van der Waals surface area contributed by atoms with Gasteiger partial charge in [-0.2, -0.15) is 0 Å². The maximum atomic E-state index is 12.4. The van der Waals surface area contributed by atoms with Gasteiger partial charge < -0.3 is 10.0 Å². The molecule has 0 spiro atoms. The maximum Gasteiger partial charge on any atom is 0.310 e. The Balaban J connectivity index is 2.18. The van der Waals surface area contributed by atoms with Crippen LogP contribution < -0.4 is 0 Å². The first-order chi connectivity index (χ1) is 9.92. The van der Waals surface area contributed by atoms with Crippen LogP contribution in [0.15, 0.2) is 18.2 Å². The van der Waals surface area contributed by atoms with Crippen molar-refractivity contribution >= 4 is 11.6 Å². The van der Waals surface area contributed by atoms with Crippen molar-refractivity contribution in [3.63, 3.8) is 0 Å². The summed E-state index contributed by atoms with van der Waals surface area (Å²) in [7, 11) is 0. The zero-order chi connectivity index (χ0) is 15.6. The smallest absolute Gasteiger partial charge is 0.310 e. The molecule has 0 saturated carbocycles. The van der Waals surface area contributed by atoms with Gasteiger partial charge in [-0.15, -0.1) is 0 Å². The number of nitro groups is 1. The van der Waals surface area contributed by atoms with Gasteiger partial charge in [-0.05, 0) is 36.8 Å². The predicted octanol–water partition coefficient (Wildman–Crippen LogP) is 2.95. The molecule has 0 atom stereocenters. The van der Waals surface area contributed by atoms with Crippen molar-refractivity contribution in [1.29, 1.82) is 0 Å². The maximum absolute atomic E-state index is 12.4. The monoisotopic (exact) mass is 292 g/mol. The Hall–Kier alpha value is -2.11. The van der Waals surface area contributed by atoms with Crippen LogP contribution in [0.25, 0.3) is 0 Å². The molecule has 1 aromatic carbocycles. The van der Waals surface area contributed by atoms with Crippen molar-refractivity contribution in [3.8, 4) is 5.75 Å². The minimum Gasteiger partial charge on any atom is -0.502 e. The second kappa shape index (κ2) is 5.71. The van der Waals surface area contributed by atoms with Gasteiger partial charge in [0.15, 0.2) is 5.75 Å². The quantitative estimate of drug-likeness (QED) is 0.683. The molecular weight excluding hydrogens is 272 g/mol. The van der Waals surface area contributed by atoms with Gasteiger partial charge in [0, 0.05) is 24.7 Å². The number of aromatic hydroxyl groups is 1. The first kappa shape index (κ1) is 15.3. The third kappa shape index (κ3) is 2.84. The molecule has 1 saturated heterocycles. The molecule has 0 aromatic heterocycles. The van der Waals surface area contributed by atoms with Crippen molar-refractivity contribution in [2.45, 2.75) is 33.1 Å². The summed E-state index contributed by atoms with van der Waals surface area (Å²) in [4.78, 5) is 24.2. The fourth-order valence-corrected chi connectivity index (χ4v) is 2.93. The fraction of sp³-hybridized carbons (Fsp3) is 0.533. The number of nitro benzene ring substituents is 1. The Labute approximate surface area is 123 Å². The highest BCUT2D eigenvalue weighted by Gasteiger charge is 2.37. The van der Waals surface area contributed by atoms with Crippen molar-refractivity contribution in [2.75, 3.05) is 13.1 Å². The van der Waals surface area contributed by atoms with Crippen LogP contribution in [-0.4, -0.2) is 33.9 Å². The molecule has 6 nitrogen and oxygen atoms in total. The Morgan fingerprint density at radius 1 is 1.43 bits per heavy atom. The lowest BCUT2D eigenvalue weighted by atomic mass is 9.82. The van der Waals surface area contributed by atoms with Gasteiger partial charge in [0.1, 0.15) is 0 Å². The van der Waals surface area contributed by atoms with Crippen molar-refractivity contribution in [1.82, 2.24) is 4.90 Å². The van der Waals surface area contributed by atoms with E-state index in [0.717, 1.165) is 19.3 Å². The minimum absolute atomic E-state index is 0.177. The van der Waals surface area contributed by atoms with E-state index in [-0.39, 0.29) is 17.0 Å². The molecule has 21 heavy (non-hydrogen) atoms. The number of hydrogen-bond donors (Lipinski definition) is 1. The first-order valence-electron chi connectivity index (χ1n) is 7.19. The van der Waals surface area contributed by atoms with Crippen LogP contribution in [0.1, 0.15) is 43.5 Å². The van der Waals surface area contributed by atoms with E-state index in [1.807, 2.05) is 0 Å². The van der Waals surface area contributed by atoms with Crippen molar-refractivity contribution < 1.29 is 14.8 Å². The number of carbonyl (C=O) groups is 1. The molecular formula is C15H20N2O4. The Morgan fingerprint density at radius 3 is 2.57 bits per heavy atom. The van der Waals surface area contributed by atoms with E-state index < -0.39 is 10.7 Å². The van der Waals surface area contributed by atoms with Crippen molar-refractivity contribution in [3.05, 3.63) is 33.9 Å². The topological polar surface area (TPSA) is 83.7 Å². The molecule has 2 rings (SSSR count). The summed E-state index contributed by atoms with van der Waals surface area (Å²) >= 11 is 0. The number of carbonyl (C=O) groups excluding carboxylic acids is 1. The molecule has 1 aromatic rings. The molecule has 0 unspecified atom stereocenters. The number of rotatable bonds is 4. The number of amides is 1. The summed E-state index contributed by atoms with van der Waals surface area (Å²) < 4.78 is 0. The SMILES string of the molecule is CCC1(CC)CCN(C(=O)c2ccc([N+](=O)[O-])c(O)c2)C1. The molecule has 0 aliphatic carbocycles. The Kier molecular flexibility index (Phi) is 4.16. The summed E-state index contributed by atoms with van der Waals surface area (Å²) in [5.74, 6) is -0.647. The van der Waals surface area contributed by atoms with E-state index in [9.17, 15) is 20.0 Å². The van der Waals surface area contributed by atoms with Crippen LogP contribution in [0.5, 0.6) is 5.75 Å². The molecule has 0 bridgehead atoms. The normalized spacial score (nSPS) is 17.0. The molecule has 1 fully saturated rings. The van der Waals surface area contributed by atoms with E-state index in [1.54, 1.807) is 4.90 Å². The molecule has 114 valence electrons. The summed E-state index contributed by atoms with van der Waals surface area (Å²) in [6, 6.07) is 3.75. The highest BCUT2D eigenvalue weighted by Crippen LogP contribution is 2.37. The van der Waals surface area contributed by atoms with E-state index in [0.29, 0.717) is 18.7 Å². The number of benzene rings is 1. The van der Waals surface area contributed by atoms with Gasteiger partial charge in [-0.25, -0.2) is 0 Å². The Morgan fingerprint density at radius 2 is 2.10 bits per heavy atom. The first-order valence-corrected chi connectivity index (χ1v) is 7.19. The van der Waals surface area contributed by atoms with E-state index in [1.165, 1.54) is 18.2 Å². The molecule has 1 aliphatic rings. The molecule has 1 amide bonds. The minimum atomic E-state index is -0.668. The number of phenols is 1. The summed E-state index contributed by atoms with van der Waals surface area (Å²) in [6.07, 6.45) is 3.03. The van der Waals surface area contributed by atoms with Gasteiger partial charge in [-0.3, -0.25) is 14.9 Å². The molecule has 6 heteroatoms. The van der Waals surface area contributed by atoms with Gasteiger partial charge in [0.25, 0.3) is 5.91 Å². The van der Waals surface area contributed by atoms with Gasteiger partial charge in [-0.1, -0.05) is 13.8 Å². The number of phenolic OH excluding ortho intramolecular Hbond substituents is 1. The van der Waals surface area contributed by atoms with Crippen LogP contribution in [0.2, 0.25) is 0 Å². The fourth-order valence-electron chi connectivity index (χ4n) is 2.93. The number of likely N-dealkylation sites (tertiary alicyclic amines) is 1. The van der Waals surface area contributed by atoms with Crippen LogP contribution in [0, 0.1) is 15.5 Å². The summed E-state index contributed by atoms with van der Waals surface area (Å²) in [6.45, 7) is 5.67. The van der Waals surface area contributed by atoms with Crippen LogP contribution in [0.4, 0.5) is 5.69 Å². The van der Waals surface area contributed by atoms with E-state index in [2.05, 4.69) is 13.8 Å². The second-order valence-electron chi connectivity index (χ2n) is 5.64. The second-order valence-corrected chi connectivity index (χ2v) is 5.64. The van der Waals surface area contributed by atoms with Crippen LogP contribution in [-0.2, 0) is 0 Å². The largest absolute Gasteiger partial charge is 0.502 e. The van der Waals surface area contributed by atoms with E-state index >= 15 is 0 Å². The zero-order valence-corrected chi connectivity index (χ0v) is 12.3. The third-order valence-corrected chi connectivity index (χ3v) is 4.64. The predicted molar refractivity (Wildman–Crippen MR) is 78.3 cm³/mol. The lowest BCUT2D eigenvalue weighted by Gasteiger charge is -2.26. The number of hydrogen-bond acceptors (Lipinski definition) is 4. The third-order valence-electron chi connectivity index (χ3n) is 4.64. The Bertz CT molecular complexity index is 567. The van der Waals surface area contributed by atoms with Crippen LogP contribution >= 0.6 is 0 Å². The van der Waals surface area contributed by atoms with E-state index in [4.69, 9.17) is 0 Å². The lowest BCUT2D eigenvalue weighted by molar-refractivity contribution is -0.385. The summed E-state index contributed by atoms with van der Waals surface area (Å²) in [5, 5.41) is 20.3. The number of nitrogens with zero attached hydrogens (tertiary/aromatic N) is 2. The molecule has 1 N–H and O–H groups in total. The van der Waals surface area contributed by atoms with Gasteiger partial charge >= 0.3 is 5.69 Å². The van der Waals surface area contributed by atoms with Crippen molar-refractivity contribution in [2.24, 2.45) is 5.41 Å². The average molecular weight is 292 g/mol. The molecule has 1 aliphatic heterocycles. The highest BCUT2D eigenvalue weighted by atomic mass is 16.6. The van der Waals surface area contributed by atoms with Crippen LogP contribution in [0.3, 0.4) is 0 Å². The zero-order valence-electron chi connectivity index (χ0n) is 12.3. The highest BCUT2D eigenvalue weighted by molar-refractivity contribution is 5.95. The standard InChI is InChI=1S/C15H20N2O4/c1-3-15(4-2)7-8-16(10-15)14(19)11-5-6-12(17(20)21)13(18)9-11/h5-6,9,18H,3-4,7-8,10H2,1-2H3. The molecule has 0 radical (unpaired) electrons. The average Bonchev–Trinajstić information content (AvgIpc) is 2.91. The summed E-state index contributed by atoms with van der Waals surface area (Å²) in [5.41, 5.74) is 0.0870. The molecule has 1 heterocycles. The van der Waals surface area contributed by atoms with Gasteiger partial charge in [0.05, 0.1) is 4.92 Å². The lowest BCUT2D eigenvalue weighted by Crippen LogP contribution is -2.31. The van der Waals surface area contributed by atoms with Gasteiger partial charge in [0.2, 0.25) is 0 Å².